The van der Waals surface area contributed by atoms with Crippen LogP contribution in [0.5, 0.6) is 28.7 Å². The number of hydrogen-bond acceptors (Lipinski definition) is 16. The Morgan fingerprint density at radius 2 is 1.60 bits per heavy atom. The van der Waals surface area contributed by atoms with E-state index < -0.39 is 88.8 Å². The molecule has 68 heavy (non-hydrogen) atoms. The van der Waals surface area contributed by atoms with Gasteiger partial charge >= 0.3 is 11.8 Å². The Balaban J connectivity index is 1.48. The minimum absolute atomic E-state index is 0.0363. The Labute approximate surface area is 396 Å². The van der Waals surface area contributed by atoms with Crippen molar-refractivity contribution in [2.24, 2.45) is 28.8 Å². The average molecular weight is 943 g/mol. The molecule has 1 amide bonds. The van der Waals surface area contributed by atoms with E-state index in [0.717, 1.165) is 5.56 Å². The smallest absolute Gasteiger partial charge is 0.312 e. The van der Waals surface area contributed by atoms with Gasteiger partial charge in [0.15, 0.2) is 5.75 Å². The van der Waals surface area contributed by atoms with Gasteiger partial charge in [-0.3, -0.25) is 24.3 Å². The van der Waals surface area contributed by atoms with Gasteiger partial charge in [0.05, 0.1) is 65.1 Å². The molecule has 0 spiro atoms. The maximum Gasteiger partial charge on any atom is 0.312 e. The number of anilines is 1. The molecule has 4 heterocycles. The quantitative estimate of drug-likeness (QED) is 0.0614. The van der Waals surface area contributed by atoms with Crippen LogP contribution in [-0.2, 0) is 30.3 Å². The van der Waals surface area contributed by atoms with E-state index in [4.69, 9.17) is 24.0 Å². The number of aliphatic hydroxyl groups excluding tert-OH is 2. The number of Topliss-reactive ketones (excluding diaryl/α,β-unsaturated/α-hetero) is 1. The molecule has 368 valence electrons. The van der Waals surface area contributed by atoms with Gasteiger partial charge in [-0.25, -0.2) is 0 Å². The van der Waals surface area contributed by atoms with Crippen LogP contribution in [0.25, 0.3) is 10.8 Å². The summed E-state index contributed by atoms with van der Waals surface area (Å²) < 4.78 is 23.8. The summed E-state index contributed by atoms with van der Waals surface area (Å²) in [7, 11) is 1.43. The molecule has 0 aliphatic carbocycles. The zero-order valence-corrected chi connectivity index (χ0v) is 40.6. The van der Waals surface area contributed by atoms with Crippen LogP contribution in [-0.4, -0.2) is 127 Å². The number of allylic oxidation sites excluding steroid dienone is 2. The van der Waals surface area contributed by atoms with Crippen molar-refractivity contribution >= 4 is 40.3 Å². The number of phenolic OH excluding ortho intramolecular Hbond substituents is 4. The number of hydrazone groups is 1. The first-order valence-electron chi connectivity index (χ1n) is 22.9. The first kappa shape index (κ1) is 51.3. The van der Waals surface area contributed by atoms with Crippen molar-refractivity contribution in [3.63, 3.8) is 0 Å². The summed E-state index contributed by atoms with van der Waals surface area (Å²) >= 11 is 0. The third kappa shape index (κ3) is 10.2. The first-order valence-corrected chi connectivity index (χ1v) is 22.9. The SMILES string of the molecule is CO[C@@H]1C=CO[C@@]2(C)Oc3c(C)c(O)c4c(O)c(c(C=NN5[C@H](C)CN(Cc6cccc(O)c6)C[C@@H]5C)c(O)c4c3C2=O)NC(=O)C(C)=CC=C[C@H](C)[C@H](O)[C@H](C)[C@H](O)[C@H](C)[C@@H](OC(C)=O)[C@H]1C. The van der Waals surface area contributed by atoms with E-state index >= 15 is 0 Å². The van der Waals surface area contributed by atoms with Crippen molar-refractivity contribution in [3.05, 3.63) is 82.7 Å². The van der Waals surface area contributed by atoms with Crippen LogP contribution < -0.4 is 10.1 Å². The van der Waals surface area contributed by atoms with E-state index in [1.807, 2.05) is 24.9 Å². The number of phenols is 4. The molecule has 3 aromatic rings. The number of hydrogen-bond donors (Lipinski definition) is 7. The molecule has 7 N–H and O–H groups in total. The molecule has 4 aliphatic rings. The number of nitrogens with one attached hydrogen (secondary N) is 1. The van der Waals surface area contributed by atoms with Crippen LogP contribution in [0.15, 0.2) is 65.5 Å². The lowest BCUT2D eigenvalue weighted by atomic mass is 9.78. The van der Waals surface area contributed by atoms with Crippen molar-refractivity contribution < 1.29 is 64.0 Å². The highest BCUT2D eigenvalue weighted by atomic mass is 16.7. The molecule has 0 unspecified atom stereocenters. The zero-order chi connectivity index (χ0) is 50.1. The summed E-state index contributed by atoms with van der Waals surface area (Å²) in [6, 6.07) is 6.72. The van der Waals surface area contributed by atoms with Crippen LogP contribution in [0.2, 0.25) is 0 Å². The lowest BCUT2D eigenvalue weighted by Crippen LogP contribution is -2.54. The number of carbonyl (C=O) groups excluding carboxylic acids is 3. The molecule has 1 fully saturated rings. The third-order valence-electron chi connectivity index (χ3n) is 13.6. The number of fused-ring (bicyclic) bond motifs is 14. The van der Waals surface area contributed by atoms with Crippen LogP contribution in [0.3, 0.4) is 0 Å². The Bertz CT molecular complexity index is 2530. The largest absolute Gasteiger partial charge is 0.508 e. The summed E-state index contributed by atoms with van der Waals surface area (Å²) in [6.07, 6.45) is 4.77. The standard InChI is InChI=1S/C51H66N4O13/c1-25-14-12-15-26(2)50(64)53-41-36(21-52-55-27(3)22-54(23-28(55)4)24-34-16-13-17-35(57)20-34)45(61)38-39(46(41)62)44(60)32(8)48-40(38)49(63)51(10,68-48)66-19-18-37(65-11)29(5)47(67-33(9)56)31(7)43(59)30(6)42(25)58/h12-21,25,27-31,37,42-43,47,57-62H,22-24H2,1-11H3,(H,53,64)/t25-,27-,28+,29-,30-,31-,37+,42-,43-,47-,51-/m0/s1. The Morgan fingerprint density at radius 3 is 2.24 bits per heavy atom. The topological polar surface area (TPSA) is 240 Å². The number of esters is 1. The van der Waals surface area contributed by atoms with E-state index in [9.17, 15) is 45.0 Å². The van der Waals surface area contributed by atoms with Gasteiger partial charge in [-0.1, -0.05) is 58.1 Å². The minimum atomic E-state index is -2.08. The van der Waals surface area contributed by atoms with Crippen molar-refractivity contribution in [3.8, 4) is 28.7 Å². The highest BCUT2D eigenvalue weighted by molar-refractivity contribution is 6.23. The fourth-order valence-electron chi connectivity index (χ4n) is 9.69. The number of carbonyl (C=O) groups is 3. The molecule has 1 saturated heterocycles. The summed E-state index contributed by atoms with van der Waals surface area (Å²) in [4.78, 5) is 43.3. The molecular formula is C51H66N4O13. The second kappa shape index (κ2) is 20.6. The Hall–Kier alpha value is -6.14. The molecule has 7 rings (SSSR count). The molecule has 3 aromatic carbocycles. The highest BCUT2D eigenvalue weighted by Crippen LogP contribution is 2.55. The Morgan fingerprint density at radius 1 is 0.926 bits per heavy atom. The normalized spacial score (nSPS) is 29.8. The predicted octanol–water partition coefficient (Wildman–Crippen LogP) is 6.39. The monoisotopic (exact) mass is 942 g/mol. The highest BCUT2D eigenvalue weighted by Gasteiger charge is 2.50. The van der Waals surface area contributed by atoms with E-state index in [1.165, 1.54) is 59.4 Å². The molecule has 11 atom stereocenters. The summed E-state index contributed by atoms with van der Waals surface area (Å²) in [5, 5.41) is 78.1. The number of ether oxygens (including phenoxy) is 4. The lowest BCUT2D eigenvalue weighted by molar-refractivity contribution is -0.160. The molecule has 17 heteroatoms. The van der Waals surface area contributed by atoms with Crippen LogP contribution >= 0.6 is 0 Å². The fraction of sp³-hybridized carbons (Fsp3) is 0.490. The number of aromatic hydroxyl groups is 4. The summed E-state index contributed by atoms with van der Waals surface area (Å²) in [6.45, 7) is 18.2. The van der Waals surface area contributed by atoms with Gasteiger partial charge in [-0.05, 0) is 51.5 Å². The second-order valence-electron chi connectivity index (χ2n) is 18.8. The number of amides is 1. The lowest BCUT2D eigenvalue weighted by Gasteiger charge is -2.42. The summed E-state index contributed by atoms with van der Waals surface area (Å²) in [5.41, 5.74) is 0.454. The minimum Gasteiger partial charge on any atom is -0.508 e. The maximum absolute atomic E-state index is 14.6. The van der Waals surface area contributed by atoms with Crippen LogP contribution in [0.1, 0.15) is 89.4 Å². The average Bonchev–Trinajstić information content (AvgIpc) is 3.55. The van der Waals surface area contributed by atoms with Gasteiger partial charge in [0, 0.05) is 80.8 Å². The Kier molecular flexibility index (Phi) is 15.5. The molecule has 0 radical (unpaired) electrons. The number of ketones is 1. The van der Waals surface area contributed by atoms with Crippen LogP contribution in [0.4, 0.5) is 5.69 Å². The summed E-state index contributed by atoms with van der Waals surface area (Å²) in [5.74, 6) is -8.45. The van der Waals surface area contributed by atoms with Crippen molar-refractivity contribution in [2.75, 3.05) is 25.5 Å². The van der Waals surface area contributed by atoms with E-state index in [2.05, 4.69) is 10.2 Å². The molecule has 0 aromatic heterocycles. The number of aliphatic hydroxyl groups is 2. The van der Waals surface area contributed by atoms with Gasteiger partial charge in [0.2, 0.25) is 0 Å². The number of methoxy groups -OCH3 is 1. The molecule has 0 saturated carbocycles. The molecule has 4 aliphatic heterocycles. The number of piperazine rings is 1. The second-order valence-corrected chi connectivity index (χ2v) is 18.8. The molecule has 17 nitrogen and oxygen atoms in total. The van der Waals surface area contributed by atoms with Crippen molar-refractivity contribution in [1.82, 2.24) is 9.91 Å². The van der Waals surface area contributed by atoms with Crippen molar-refractivity contribution in [1.29, 1.82) is 0 Å². The fourth-order valence-corrected chi connectivity index (χ4v) is 9.69. The van der Waals surface area contributed by atoms with Gasteiger partial charge in [0.1, 0.15) is 29.1 Å². The number of benzene rings is 3. The van der Waals surface area contributed by atoms with Crippen LogP contribution in [0, 0.1) is 30.6 Å². The zero-order valence-electron chi connectivity index (χ0n) is 40.6. The first-order chi connectivity index (χ1) is 32.0. The molecular weight excluding hydrogens is 877 g/mol. The van der Waals surface area contributed by atoms with Gasteiger partial charge in [-0.15, -0.1) is 0 Å². The molecule has 5 bridgehead atoms. The van der Waals surface area contributed by atoms with Gasteiger partial charge in [-0.2, -0.15) is 5.10 Å². The van der Waals surface area contributed by atoms with E-state index in [0.29, 0.717) is 19.6 Å². The number of rotatable bonds is 6. The number of nitrogens with zero attached hydrogens (tertiary/aromatic N) is 3. The van der Waals surface area contributed by atoms with E-state index in [1.54, 1.807) is 58.0 Å². The third-order valence-corrected chi connectivity index (χ3v) is 13.6. The maximum atomic E-state index is 14.6. The van der Waals surface area contributed by atoms with E-state index in [-0.39, 0.29) is 62.3 Å². The predicted molar refractivity (Wildman–Crippen MR) is 256 cm³/mol. The van der Waals surface area contributed by atoms with Gasteiger partial charge < -0.3 is 54.9 Å². The van der Waals surface area contributed by atoms with Crippen molar-refractivity contribution in [2.45, 2.75) is 118 Å². The van der Waals surface area contributed by atoms with Gasteiger partial charge in [0.25, 0.3) is 11.7 Å².